The van der Waals surface area contributed by atoms with E-state index >= 15 is 0 Å². The lowest BCUT2D eigenvalue weighted by molar-refractivity contribution is 0.602. The molecular weight excluding hydrogens is 389 g/mol. The molecule has 5 nitrogen and oxygen atoms in total. The third-order valence-electron chi connectivity index (χ3n) is 3.48. The second kappa shape index (κ2) is 9.64. The van der Waals surface area contributed by atoms with Gasteiger partial charge in [-0.3, -0.25) is 0 Å². The minimum atomic E-state index is -3.23. The van der Waals surface area contributed by atoms with E-state index in [1.807, 2.05) is 27.1 Å². The number of sulfone groups is 1. The van der Waals surface area contributed by atoms with E-state index in [1.54, 1.807) is 41.1 Å². The Hall–Kier alpha value is -2.22. The van der Waals surface area contributed by atoms with Crippen LogP contribution in [0, 0.1) is 12.7 Å². The maximum atomic E-state index is 13.1. The first-order chi connectivity index (χ1) is 12.3. The molecule has 1 aromatic heterocycles. The first-order valence-electron chi connectivity index (χ1n) is 7.98. The largest absolute Gasteiger partial charge is 0.323 e. The Morgan fingerprint density at radius 2 is 1.52 bits per heavy atom. The van der Waals surface area contributed by atoms with Crippen molar-refractivity contribution in [1.29, 1.82) is 0 Å². The van der Waals surface area contributed by atoms with E-state index < -0.39 is 9.84 Å². The molecule has 0 radical (unpaired) electrons. The molecule has 0 aliphatic carbocycles. The van der Waals surface area contributed by atoms with Gasteiger partial charge in [-0.25, -0.2) is 17.5 Å². The third kappa shape index (κ3) is 5.89. The molecule has 0 aliphatic heterocycles. The van der Waals surface area contributed by atoms with Crippen LogP contribution in [-0.2, 0) is 9.84 Å². The van der Waals surface area contributed by atoms with E-state index in [0.29, 0.717) is 0 Å². The average molecular weight is 412 g/mol. The molecule has 1 N–H and O–H groups in total. The summed E-state index contributed by atoms with van der Waals surface area (Å²) < 4.78 is 37.9. The summed E-state index contributed by atoms with van der Waals surface area (Å²) in [6.07, 6.45) is 1.18. The van der Waals surface area contributed by atoms with Gasteiger partial charge in [0, 0.05) is 11.8 Å². The Morgan fingerprint density at radius 3 is 2.00 bits per heavy atom. The third-order valence-corrected chi connectivity index (χ3v) is 4.61. The molecule has 3 aromatic rings. The molecule has 0 unspecified atom stereocenters. The molecule has 1 heterocycles. The molecule has 8 heteroatoms. The fourth-order valence-electron chi connectivity index (χ4n) is 2.36. The van der Waals surface area contributed by atoms with Crippen LogP contribution >= 0.6 is 12.4 Å². The van der Waals surface area contributed by atoms with Crippen LogP contribution in [0.2, 0.25) is 0 Å². The zero-order chi connectivity index (χ0) is 19.3. The minimum Gasteiger partial charge on any atom is -0.323 e. The lowest BCUT2D eigenvalue weighted by atomic mass is 10.1. The Labute approximate surface area is 165 Å². The van der Waals surface area contributed by atoms with Crippen molar-refractivity contribution in [2.75, 3.05) is 20.4 Å². The number of nitrogens with one attached hydrogen (secondary N) is 1. The monoisotopic (exact) mass is 411 g/mol. The highest BCUT2D eigenvalue weighted by molar-refractivity contribution is 7.90. The van der Waals surface area contributed by atoms with Crippen LogP contribution in [0.25, 0.3) is 16.9 Å². The predicted octanol–water partition coefficient (Wildman–Crippen LogP) is 3.65. The molecule has 0 fully saturated rings. The van der Waals surface area contributed by atoms with Gasteiger partial charge in [-0.05, 0) is 63.5 Å². The predicted molar refractivity (Wildman–Crippen MR) is 109 cm³/mol. The number of benzene rings is 2. The Kier molecular flexibility index (Phi) is 8.15. The lowest BCUT2D eigenvalue weighted by Gasteiger charge is -2.08. The Bertz CT molecular complexity index is 969. The van der Waals surface area contributed by atoms with Gasteiger partial charge in [-0.15, -0.1) is 12.4 Å². The van der Waals surface area contributed by atoms with Crippen molar-refractivity contribution in [2.45, 2.75) is 11.8 Å². The number of aryl methyl sites for hydroxylation is 1. The topological polar surface area (TPSA) is 64.0 Å². The Morgan fingerprint density at radius 1 is 1.00 bits per heavy atom. The van der Waals surface area contributed by atoms with Gasteiger partial charge in [-0.2, -0.15) is 5.10 Å². The van der Waals surface area contributed by atoms with Crippen molar-refractivity contribution in [1.82, 2.24) is 15.1 Å². The normalized spacial score (nSPS) is 10.6. The standard InChI is InChI=1S/C17H15FN2O2S.C2H7N.ClH/c1-12-11-17(13-3-9-16(10-4-13)23(2,21)22)20(19-12)15-7-5-14(18)6-8-15;1-3-2;/h3-11H,1-2H3;3H,1-2H3;1H. The van der Waals surface area contributed by atoms with Crippen LogP contribution in [0.4, 0.5) is 4.39 Å². The van der Waals surface area contributed by atoms with Crippen LogP contribution in [0.5, 0.6) is 0 Å². The molecular formula is C19H23ClFN3O2S. The second-order valence-corrected chi connectivity index (χ2v) is 7.87. The quantitative estimate of drug-likeness (QED) is 0.714. The number of hydrogen-bond donors (Lipinski definition) is 1. The number of hydrogen-bond acceptors (Lipinski definition) is 4. The van der Waals surface area contributed by atoms with E-state index in [2.05, 4.69) is 10.4 Å². The molecule has 0 spiro atoms. The maximum Gasteiger partial charge on any atom is 0.175 e. The molecule has 27 heavy (non-hydrogen) atoms. The molecule has 2 aromatic carbocycles. The molecule has 146 valence electrons. The molecule has 0 saturated carbocycles. The van der Waals surface area contributed by atoms with Gasteiger partial charge in [0.15, 0.2) is 9.84 Å². The fraction of sp³-hybridized carbons (Fsp3) is 0.211. The zero-order valence-electron chi connectivity index (χ0n) is 15.6. The first kappa shape index (κ1) is 22.8. The van der Waals surface area contributed by atoms with Gasteiger partial charge in [-0.1, -0.05) is 12.1 Å². The lowest BCUT2D eigenvalue weighted by Crippen LogP contribution is -2.00. The summed E-state index contributed by atoms with van der Waals surface area (Å²) >= 11 is 0. The average Bonchev–Trinajstić information content (AvgIpc) is 2.97. The van der Waals surface area contributed by atoms with Gasteiger partial charge in [0.25, 0.3) is 0 Å². The highest BCUT2D eigenvalue weighted by Crippen LogP contribution is 2.25. The highest BCUT2D eigenvalue weighted by Gasteiger charge is 2.12. The summed E-state index contributed by atoms with van der Waals surface area (Å²) in [5.74, 6) is -0.309. The smallest absolute Gasteiger partial charge is 0.175 e. The van der Waals surface area contributed by atoms with Gasteiger partial charge in [0.05, 0.1) is 22.0 Å². The molecule has 0 aliphatic rings. The van der Waals surface area contributed by atoms with Gasteiger partial charge in [0.2, 0.25) is 0 Å². The molecule has 3 rings (SSSR count). The summed E-state index contributed by atoms with van der Waals surface area (Å²) in [7, 11) is 0.522. The maximum absolute atomic E-state index is 13.1. The van der Waals surface area contributed by atoms with Gasteiger partial charge >= 0.3 is 0 Å². The number of nitrogens with zero attached hydrogens (tertiary/aromatic N) is 2. The SMILES string of the molecule is CNC.Cc1cc(-c2ccc(S(C)(=O)=O)cc2)n(-c2ccc(F)cc2)n1.Cl. The Balaban J connectivity index is 0.000000855. The van der Waals surface area contributed by atoms with Crippen molar-refractivity contribution >= 4 is 22.2 Å². The highest BCUT2D eigenvalue weighted by atomic mass is 35.5. The van der Waals surface area contributed by atoms with E-state index in [-0.39, 0.29) is 23.1 Å². The van der Waals surface area contributed by atoms with Crippen molar-refractivity contribution in [3.8, 4) is 16.9 Å². The summed E-state index contributed by atoms with van der Waals surface area (Å²) in [4.78, 5) is 0.269. The fourth-order valence-corrected chi connectivity index (χ4v) is 2.99. The van der Waals surface area contributed by atoms with Crippen molar-refractivity contribution in [2.24, 2.45) is 0 Å². The van der Waals surface area contributed by atoms with Crippen LogP contribution < -0.4 is 5.32 Å². The van der Waals surface area contributed by atoms with E-state index in [0.717, 1.165) is 22.6 Å². The van der Waals surface area contributed by atoms with Crippen molar-refractivity contribution in [3.05, 3.63) is 66.1 Å². The number of rotatable bonds is 3. The van der Waals surface area contributed by atoms with E-state index in [1.165, 1.54) is 18.4 Å². The van der Waals surface area contributed by atoms with E-state index in [9.17, 15) is 12.8 Å². The van der Waals surface area contributed by atoms with Crippen LogP contribution in [-0.4, -0.2) is 38.5 Å². The number of halogens is 2. The summed E-state index contributed by atoms with van der Waals surface area (Å²) in [5.41, 5.74) is 3.20. The van der Waals surface area contributed by atoms with Crippen LogP contribution in [0.3, 0.4) is 0 Å². The molecule has 0 bridgehead atoms. The van der Waals surface area contributed by atoms with Crippen LogP contribution in [0.1, 0.15) is 5.69 Å². The second-order valence-electron chi connectivity index (χ2n) is 5.86. The van der Waals surface area contributed by atoms with Gasteiger partial charge < -0.3 is 5.32 Å². The summed E-state index contributed by atoms with van der Waals surface area (Å²) in [6.45, 7) is 1.87. The minimum absolute atomic E-state index is 0. The molecule has 0 atom stereocenters. The van der Waals surface area contributed by atoms with Gasteiger partial charge in [0.1, 0.15) is 5.82 Å². The summed E-state index contributed by atoms with van der Waals surface area (Å²) in [6, 6.07) is 14.6. The molecule has 0 amide bonds. The first-order valence-corrected chi connectivity index (χ1v) is 9.87. The van der Waals surface area contributed by atoms with E-state index in [4.69, 9.17) is 0 Å². The molecule has 0 saturated heterocycles. The number of aromatic nitrogens is 2. The van der Waals surface area contributed by atoms with Crippen molar-refractivity contribution < 1.29 is 12.8 Å². The van der Waals surface area contributed by atoms with Crippen molar-refractivity contribution in [3.63, 3.8) is 0 Å². The van der Waals surface area contributed by atoms with Crippen LogP contribution in [0.15, 0.2) is 59.5 Å². The zero-order valence-corrected chi connectivity index (χ0v) is 17.2. The summed E-state index contributed by atoms with van der Waals surface area (Å²) in [5, 5.41) is 7.18.